The highest BCUT2D eigenvalue weighted by Gasteiger charge is 2.26. The van der Waals surface area contributed by atoms with Gasteiger partial charge in [-0.05, 0) is 37.1 Å². The average molecular weight is 309 g/mol. The maximum atomic E-state index is 9.76. The zero-order chi connectivity index (χ0) is 16.4. The van der Waals surface area contributed by atoms with Gasteiger partial charge in [0.1, 0.15) is 17.6 Å². The van der Waals surface area contributed by atoms with Crippen molar-refractivity contribution in [3.63, 3.8) is 0 Å². The van der Waals surface area contributed by atoms with Crippen LogP contribution in [0.2, 0.25) is 0 Å². The quantitative estimate of drug-likeness (QED) is 0.864. The van der Waals surface area contributed by atoms with Crippen LogP contribution in [-0.4, -0.2) is 24.3 Å². The number of phenols is 1. The first-order valence-electron chi connectivity index (χ1n) is 7.96. The molecule has 0 radical (unpaired) electrons. The Hall–Kier alpha value is -2.42. The van der Waals surface area contributed by atoms with Gasteiger partial charge in [-0.3, -0.25) is 0 Å². The van der Waals surface area contributed by atoms with Crippen LogP contribution >= 0.6 is 0 Å². The molecule has 0 spiro atoms. The van der Waals surface area contributed by atoms with E-state index in [0.29, 0.717) is 0 Å². The van der Waals surface area contributed by atoms with Gasteiger partial charge >= 0.3 is 0 Å². The third-order valence-electron chi connectivity index (χ3n) is 4.17. The fourth-order valence-corrected chi connectivity index (χ4v) is 3.09. The van der Waals surface area contributed by atoms with Crippen LogP contribution in [0.1, 0.15) is 18.1 Å². The highest BCUT2D eigenvalue weighted by molar-refractivity contribution is 5.63. The Kier molecular flexibility index (Phi) is 4.28. The Morgan fingerprint density at radius 2 is 2.09 bits per heavy atom. The summed E-state index contributed by atoms with van der Waals surface area (Å²) in [5.41, 5.74) is 4.72. The summed E-state index contributed by atoms with van der Waals surface area (Å²) >= 11 is 0. The number of anilines is 1. The Morgan fingerprint density at radius 3 is 2.83 bits per heavy atom. The number of phenolic OH excluding ortho intramolecular Hbond substituents is 1. The van der Waals surface area contributed by atoms with E-state index < -0.39 is 0 Å². The summed E-state index contributed by atoms with van der Waals surface area (Å²) in [5.74, 6) is 0.978. The second-order valence-electron chi connectivity index (χ2n) is 6.36. The molecular weight excluding hydrogens is 286 g/mol. The fourth-order valence-electron chi connectivity index (χ4n) is 3.09. The van der Waals surface area contributed by atoms with Crippen LogP contribution in [0.3, 0.4) is 0 Å². The zero-order valence-electron chi connectivity index (χ0n) is 13.7. The number of hydrogen-bond acceptors (Lipinski definition) is 3. The highest BCUT2D eigenvalue weighted by atomic mass is 16.5. The van der Waals surface area contributed by atoms with E-state index in [-0.39, 0.29) is 11.9 Å². The van der Waals surface area contributed by atoms with Crippen molar-refractivity contribution in [2.24, 2.45) is 0 Å². The lowest BCUT2D eigenvalue weighted by molar-refractivity contribution is 0.194. The van der Waals surface area contributed by atoms with Crippen molar-refractivity contribution in [3.05, 3.63) is 65.7 Å². The molecule has 3 nitrogen and oxygen atoms in total. The molecule has 1 unspecified atom stereocenters. The van der Waals surface area contributed by atoms with Crippen molar-refractivity contribution >= 4 is 5.69 Å². The van der Waals surface area contributed by atoms with E-state index in [0.717, 1.165) is 36.5 Å². The lowest BCUT2D eigenvalue weighted by atomic mass is 10.0. The monoisotopic (exact) mass is 309 g/mol. The molecule has 1 atom stereocenters. The van der Waals surface area contributed by atoms with E-state index in [9.17, 15) is 5.11 Å². The first kappa shape index (κ1) is 15.5. The zero-order valence-corrected chi connectivity index (χ0v) is 13.7. The van der Waals surface area contributed by atoms with Gasteiger partial charge in [0.15, 0.2) is 0 Å². The molecule has 1 heterocycles. The number of benzene rings is 2. The molecule has 23 heavy (non-hydrogen) atoms. The molecule has 1 aliphatic heterocycles. The lowest BCUT2D eigenvalue weighted by Gasteiger charge is -2.36. The number of aromatic hydroxyl groups is 1. The highest BCUT2D eigenvalue weighted by Crippen LogP contribution is 2.37. The summed E-state index contributed by atoms with van der Waals surface area (Å²) in [7, 11) is 0. The Morgan fingerprint density at radius 1 is 1.30 bits per heavy atom. The van der Waals surface area contributed by atoms with Crippen molar-refractivity contribution in [3.8, 4) is 11.5 Å². The molecule has 0 amide bonds. The molecule has 0 bridgehead atoms. The molecule has 1 aliphatic rings. The van der Waals surface area contributed by atoms with E-state index in [4.69, 9.17) is 4.74 Å². The Bertz CT molecular complexity index is 723. The molecular formula is C20H23NO2. The van der Waals surface area contributed by atoms with Gasteiger partial charge < -0.3 is 14.7 Å². The summed E-state index contributed by atoms with van der Waals surface area (Å²) in [6.45, 7) is 9.81. The predicted molar refractivity (Wildman–Crippen MR) is 94.4 cm³/mol. The van der Waals surface area contributed by atoms with Crippen LogP contribution in [0, 0.1) is 6.92 Å². The normalized spacial score (nSPS) is 16.6. The van der Waals surface area contributed by atoms with Gasteiger partial charge in [-0.2, -0.15) is 0 Å². The lowest BCUT2D eigenvalue weighted by Crippen LogP contribution is -2.42. The van der Waals surface area contributed by atoms with Crippen molar-refractivity contribution in [1.82, 2.24) is 0 Å². The molecule has 0 aromatic heterocycles. The molecule has 0 saturated heterocycles. The van der Waals surface area contributed by atoms with E-state index >= 15 is 0 Å². The number of hydrogen-bond donors (Lipinski definition) is 1. The minimum atomic E-state index is 0.0600. The molecule has 2 aromatic rings. The first-order valence-corrected chi connectivity index (χ1v) is 7.96. The molecule has 3 heteroatoms. The average Bonchev–Trinajstić information content (AvgIpc) is 2.48. The van der Waals surface area contributed by atoms with Gasteiger partial charge in [-0.15, -0.1) is 0 Å². The second kappa shape index (κ2) is 6.37. The summed E-state index contributed by atoms with van der Waals surface area (Å²) in [4.78, 5) is 2.28. The van der Waals surface area contributed by atoms with Crippen molar-refractivity contribution in [2.45, 2.75) is 26.4 Å². The minimum Gasteiger partial charge on any atom is -0.508 e. The van der Waals surface area contributed by atoms with Crippen molar-refractivity contribution in [2.75, 3.05) is 18.0 Å². The van der Waals surface area contributed by atoms with Crippen LogP contribution < -0.4 is 9.64 Å². The third kappa shape index (κ3) is 3.50. The van der Waals surface area contributed by atoms with E-state index in [1.165, 1.54) is 11.1 Å². The van der Waals surface area contributed by atoms with Gasteiger partial charge in [-0.25, -0.2) is 0 Å². The van der Waals surface area contributed by atoms with Crippen molar-refractivity contribution < 1.29 is 9.84 Å². The summed E-state index contributed by atoms with van der Waals surface area (Å²) in [6, 6.07) is 13.7. The standard InChI is InChI=1S/C20H23NO2/c1-14(2)12-21-13-18(10-16-7-5-4-6-15(16)3)23-20-11-17(22)8-9-19(20)21/h4-9,11,18,22H,1,10,12-13H2,2-3H3. The third-order valence-corrected chi connectivity index (χ3v) is 4.17. The van der Waals surface area contributed by atoms with Crippen LogP contribution in [0.5, 0.6) is 11.5 Å². The minimum absolute atomic E-state index is 0.0600. The smallest absolute Gasteiger partial charge is 0.146 e. The fraction of sp³-hybridized carbons (Fsp3) is 0.300. The second-order valence-corrected chi connectivity index (χ2v) is 6.36. The van der Waals surface area contributed by atoms with E-state index in [1.807, 2.05) is 13.0 Å². The largest absolute Gasteiger partial charge is 0.508 e. The van der Waals surface area contributed by atoms with Crippen molar-refractivity contribution in [1.29, 1.82) is 0 Å². The first-order chi connectivity index (χ1) is 11.0. The van der Waals surface area contributed by atoms with Crippen LogP contribution in [0.25, 0.3) is 0 Å². The molecule has 0 saturated carbocycles. The Balaban J connectivity index is 1.87. The molecule has 3 rings (SSSR count). The van der Waals surface area contributed by atoms with Gasteiger partial charge in [0.25, 0.3) is 0 Å². The number of ether oxygens (including phenoxy) is 1. The van der Waals surface area contributed by atoms with E-state index in [1.54, 1.807) is 12.1 Å². The molecule has 2 aromatic carbocycles. The SMILES string of the molecule is C=C(C)CN1CC(Cc2ccccc2C)Oc2cc(O)ccc21. The number of aryl methyl sites for hydroxylation is 1. The van der Waals surface area contributed by atoms with Gasteiger partial charge in [-0.1, -0.05) is 36.4 Å². The van der Waals surface area contributed by atoms with Crippen LogP contribution in [-0.2, 0) is 6.42 Å². The Labute approximate surface area is 137 Å². The number of nitrogens with zero attached hydrogens (tertiary/aromatic N) is 1. The van der Waals surface area contributed by atoms with Gasteiger partial charge in [0, 0.05) is 19.0 Å². The van der Waals surface area contributed by atoms with Crippen LogP contribution in [0.15, 0.2) is 54.6 Å². The van der Waals surface area contributed by atoms with E-state index in [2.05, 4.69) is 42.7 Å². The molecule has 0 aliphatic carbocycles. The van der Waals surface area contributed by atoms with Crippen LogP contribution in [0.4, 0.5) is 5.69 Å². The summed E-state index contributed by atoms with van der Waals surface area (Å²) in [5, 5.41) is 9.76. The predicted octanol–water partition coefficient (Wildman–Crippen LogP) is 4.09. The summed E-state index contributed by atoms with van der Waals surface area (Å²) < 4.78 is 6.15. The molecule has 0 fully saturated rings. The maximum Gasteiger partial charge on any atom is 0.146 e. The molecule has 1 N–H and O–H groups in total. The van der Waals surface area contributed by atoms with Gasteiger partial charge in [0.05, 0.1) is 12.2 Å². The maximum absolute atomic E-state index is 9.76. The molecule has 120 valence electrons. The van der Waals surface area contributed by atoms with Gasteiger partial charge in [0.2, 0.25) is 0 Å². The number of fused-ring (bicyclic) bond motifs is 1. The topological polar surface area (TPSA) is 32.7 Å². The summed E-state index contributed by atoms with van der Waals surface area (Å²) in [6.07, 6.45) is 0.916. The number of rotatable bonds is 4.